The van der Waals surface area contributed by atoms with Gasteiger partial charge in [-0.2, -0.15) is 12.6 Å². The van der Waals surface area contributed by atoms with Crippen molar-refractivity contribution < 1.29 is 9.84 Å². The third-order valence-electron chi connectivity index (χ3n) is 2.83. The van der Waals surface area contributed by atoms with Gasteiger partial charge < -0.3 is 14.4 Å². The van der Waals surface area contributed by atoms with E-state index in [0.717, 1.165) is 34.8 Å². The molecule has 1 aromatic heterocycles. The summed E-state index contributed by atoms with van der Waals surface area (Å²) in [6.45, 7) is 4.67. The Hall–Kier alpha value is -1.20. The number of benzene rings is 1. The summed E-state index contributed by atoms with van der Waals surface area (Å²) in [6, 6.07) is 5.89. The standard InChI is InChI=1S/C14H20N2O2S/c1-10(2)18-11-3-4-13-12(9-11)15-14(5-8-19)16(13)6-7-17/h3-4,9-10,17,19H,5-8H2,1-2H3. The molecule has 0 aliphatic rings. The van der Waals surface area contributed by atoms with Crippen molar-refractivity contribution in [3.63, 3.8) is 0 Å². The highest BCUT2D eigenvalue weighted by Crippen LogP contribution is 2.23. The van der Waals surface area contributed by atoms with E-state index in [1.54, 1.807) is 0 Å². The molecular weight excluding hydrogens is 260 g/mol. The zero-order chi connectivity index (χ0) is 13.8. The second-order valence-corrected chi connectivity index (χ2v) is 5.14. The number of ether oxygens (including phenoxy) is 1. The molecule has 5 heteroatoms. The lowest BCUT2D eigenvalue weighted by Gasteiger charge is -2.09. The summed E-state index contributed by atoms with van der Waals surface area (Å²) in [5, 5.41) is 9.17. The third kappa shape index (κ3) is 3.22. The van der Waals surface area contributed by atoms with E-state index in [9.17, 15) is 5.11 Å². The molecule has 0 saturated heterocycles. The van der Waals surface area contributed by atoms with Gasteiger partial charge in [-0.1, -0.05) is 0 Å². The molecular formula is C14H20N2O2S. The molecule has 104 valence electrons. The lowest BCUT2D eigenvalue weighted by atomic mass is 10.3. The van der Waals surface area contributed by atoms with E-state index in [1.807, 2.05) is 36.6 Å². The number of aryl methyl sites for hydroxylation is 1. The van der Waals surface area contributed by atoms with Gasteiger partial charge in [0.2, 0.25) is 0 Å². The number of aliphatic hydroxyl groups excluding tert-OH is 1. The Morgan fingerprint density at radius 3 is 2.84 bits per heavy atom. The molecule has 0 aliphatic heterocycles. The Morgan fingerprint density at radius 2 is 2.21 bits per heavy atom. The fraction of sp³-hybridized carbons (Fsp3) is 0.500. The molecule has 19 heavy (non-hydrogen) atoms. The maximum absolute atomic E-state index is 9.17. The minimum absolute atomic E-state index is 0.106. The molecule has 4 nitrogen and oxygen atoms in total. The van der Waals surface area contributed by atoms with Gasteiger partial charge in [-0.05, 0) is 31.7 Å². The maximum Gasteiger partial charge on any atom is 0.121 e. The Balaban J connectivity index is 2.43. The van der Waals surface area contributed by atoms with Gasteiger partial charge in [0.1, 0.15) is 11.6 Å². The SMILES string of the molecule is CC(C)Oc1ccc2c(c1)nc(CCS)n2CCO. The zero-order valence-electron chi connectivity index (χ0n) is 11.3. The molecule has 2 aromatic rings. The van der Waals surface area contributed by atoms with Gasteiger partial charge in [0.25, 0.3) is 0 Å². The van der Waals surface area contributed by atoms with Crippen molar-refractivity contribution in [3.05, 3.63) is 24.0 Å². The van der Waals surface area contributed by atoms with Gasteiger partial charge in [-0.25, -0.2) is 4.98 Å². The normalized spacial score (nSPS) is 11.4. The Kier molecular flexibility index (Phi) is 4.71. The molecule has 2 rings (SSSR count). The molecule has 0 atom stereocenters. The molecule has 0 saturated carbocycles. The molecule has 0 aliphatic carbocycles. The van der Waals surface area contributed by atoms with Gasteiger partial charge in [-0.15, -0.1) is 0 Å². The number of imidazole rings is 1. The highest BCUT2D eigenvalue weighted by atomic mass is 32.1. The molecule has 0 fully saturated rings. The number of aromatic nitrogens is 2. The summed E-state index contributed by atoms with van der Waals surface area (Å²) >= 11 is 4.25. The summed E-state index contributed by atoms with van der Waals surface area (Å²) in [7, 11) is 0. The minimum Gasteiger partial charge on any atom is -0.491 e. The van der Waals surface area contributed by atoms with Crippen LogP contribution in [0, 0.1) is 0 Å². The first-order chi connectivity index (χ1) is 9.15. The lowest BCUT2D eigenvalue weighted by Crippen LogP contribution is -2.07. The summed E-state index contributed by atoms with van der Waals surface area (Å²) in [5.41, 5.74) is 1.94. The topological polar surface area (TPSA) is 47.3 Å². The fourth-order valence-corrected chi connectivity index (χ4v) is 2.35. The lowest BCUT2D eigenvalue weighted by molar-refractivity contribution is 0.242. The first kappa shape index (κ1) is 14.2. The molecule has 0 radical (unpaired) electrons. The number of rotatable bonds is 6. The number of hydrogen-bond donors (Lipinski definition) is 2. The van der Waals surface area contributed by atoms with Gasteiger partial charge in [0.15, 0.2) is 0 Å². The largest absolute Gasteiger partial charge is 0.491 e. The van der Waals surface area contributed by atoms with E-state index in [4.69, 9.17) is 4.74 Å². The van der Waals surface area contributed by atoms with Crippen molar-refractivity contribution in [2.75, 3.05) is 12.4 Å². The van der Waals surface area contributed by atoms with Crippen molar-refractivity contribution in [2.45, 2.75) is 32.9 Å². The number of aliphatic hydroxyl groups is 1. The predicted octanol–water partition coefficient (Wildman–Crippen LogP) is 2.29. The molecule has 0 unspecified atom stereocenters. The van der Waals surface area contributed by atoms with Crippen LogP contribution < -0.4 is 4.74 Å². The number of nitrogens with zero attached hydrogens (tertiary/aromatic N) is 2. The Morgan fingerprint density at radius 1 is 1.42 bits per heavy atom. The number of fused-ring (bicyclic) bond motifs is 1. The van der Waals surface area contributed by atoms with Crippen molar-refractivity contribution in [3.8, 4) is 5.75 Å². The highest BCUT2D eigenvalue weighted by molar-refractivity contribution is 7.80. The van der Waals surface area contributed by atoms with Crippen LogP contribution in [0.4, 0.5) is 0 Å². The zero-order valence-corrected chi connectivity index (χ0v) is 12.2. The third-order valence-corrected chi connectivity index (χ3v) is 3.05. The van der Waals surface area contributed by atoms with Gasteiger partial charge in [0.05, 0.1) is 23.7 Å². The molecule has 0 bridgehead atoms. The van der Waals surface area contributed by atoms with Crippen molar-refractivity contribution in [1.82, 2.24) is 9.55 Å². The molecule has 1 N–H and O–H groups in total. The molecule has 1 aromatic carbocycles. The highest BCUT2D eigenvalue weighted by Gasteiger charge is 2.11. The van der Waals surface area contributed by atoms with Crippen LogP contribution in [0.15, 0.2) is 18.2 Å². The van der Waals surface area contributed by atoms with Crippen LogP contribution in [0.2, 0.25) is 0 Å². The van der Waals surface area contributed by atoms with E-state index >= 15 is 0 Å². The van der Waals surface area contributed by atoms with Gasteiger partial charge in [-0.3, -0.25) is 0 Å². The van der Waals surface area contributed by atoms with Gasteiger partial charge >= 0.3 is 0 Å². The quantitative estimate of drug-likeness (QED) is 0.798. The van der Waals surface area contributed by atoms with Crippen LogP contribution in [0.1, 0.15) is 19.7 Å². The monoisotopic (exact) mass is 280 g/mol. The molecule has 0 amide bonds. The van der Waals surface area contributed by atoms with Crippen LogP contribution in [0.3, 0.4) is 0 Å². The van der Waals surface area contributed by atoms with E-state index < -0.39 is 0 Å². The molecule has 1 heterocycles. The summed E-state index contributed by atoms with van der Waals surface area (Å²) in [6.07, 6.45) is 0.937. The van der Waals surface area contributed by atoms with Crippen molar-refractivity contribution in [1.29, 1.82) is 0 Å². The summed E-state index contributed by atoms with van der Waals surface area (Å²) in [5.74, 6) is 2.53. The second-order valence-electron chi connectivity index (χ2n) is 4.69. The number of thiol groups is 1. The summed E-state index contributed by atoms with van der Waals surface area (Å²) < 4.78 is 7.72. The number of hydrogen-bond acceptors (Lipinski definition) is 4. The van der Waals surface area contributed by atoms with Crippen LogP contribution in [-0.4, -0.2) is 33.1 Å². The van der Waals surface area contributed by atoms with Crippen LogP contribution in [0.5, 0.6) is 5.75 Å². The van der Waals surface area contributed by atoms with E-state index in [2.05, 4.69) is 17.6 Å². The first-order valence-electron chi connectivity index (χ1n) is 6.53. The van der Waals surface area contributed by atoms with E-state index in [-0.39, 0.29) is 12.7 Å². The van der Waals surface area contributed by atoms with Crippen LogP contribution >= 0.6 is 12.6 Å². The van der Waals surface area contributed by atoms with Gasteiger partial charge in [0, 0.05) is 19.0 Å². The second kappa shape index (κ2) is 6.30. The van der Waals surface area contributed by atoms with Crippen LogP contribution in [0.25, 0.3) is 11.0 Å². The minimum atomic E-state index is 0.106. The van der Waals surface area contributed by atoms with Crippen molar-refractivity contribution >= 4 is 23.7 Å². The van der Waals surface area contributed by atoms with Crippen LogP contribution in [-0.2, 0) is 13.0 Å². The maximum atomic E-state index is 9.17. The summed E-state index contributed by atoms with van der Waals surface area (Å²) in [4.78, 5) is 4.61. The Bertz CT molecular complexity index is 552. The van der Waals surface area contributed by atoms with E-state index in [1.165, 1.54) is 0 Å². The molecule has 0 spiro atoms. The van der Waals surface area contributed by atoms with E-state index in [0.29, 0.717) is 6.54 Å². The Labute approximate surface area is 118 Å². The fourth-order valence-electron chi connectivity index (χ4n) is 2.15. The first-order valence-corrected chi connectivity index (χ1v) is 7.16. The smallest absolute Gasteiger partial charge is 0.121 e. The average Bonchev–Trinajstić information content (AvgIpc) is 2.67. The van der Waals surface area contributed by atoms with Crippen molar-refractivity contribution in [2.24, 2.45) is 0 Å². The predicted molar refractivity (Wildman–Crippen MR) is 80.1 cm³/mol. The average molecular weight is 280 g/mol.